The van der Waals surface area contributed by atoms with E-state index in [9.17, 15) is 9.59 Å². The fraction of sp³-hybridized carbons (Fsp3) is 0.176. The molecule has 0 spiro atoms. The molecule has 0 heterocycles. The van der Waals surface area contributed by atoms with Crippen molar-refractivity contribution in [2.45, 2.75) is 6.61 Å². The molecule has 2 aromatic rings. The molecule has 0 aliphatic carbocycles. The van der Waals surface area contributed by atoms with Gasteiger partial charge in [0.05, 0.1) is 11.6 Å². The summed E-state index contributed by atoms with van der Waals surface area (Å²) in [7, 11) is 1.60. The molecular formula is C17H17ClN2O4. The third-order valence-electron chi connectivity index (χ3n) is 3.04. The van der Waals surface area contributed by atoms with Gasteiger partial charge in [-0.2, -0.15) is 0 Å². The molecule has 2 amide bonds. The number of carbonyl (C=O) groups is 2. The number of hydrogen-bond acceptors (Lipinski definition) is 4. The van der Waals surface area contributed by atoms with Crippen LogP contribution in [0.2, 0.25) is 5.02 Å². The van der Waals surface area contributed by atoms with E-state index in [-0.39, 0.29) is 6.61 Å². The van der Waals surface area contributed by atoms with Crippen LogP contribution >= 0.6 is 11.6 Å². The van der Waals surface area contributed by atoms with E-state index in [1.165, 1.54) is 0 Å². The molecule has 2 aromatic carbocycles. The van der Waals surface area contributed by atoms with Crippen molar-refractivity contribution in [3.63, 3.8) is 0 Å². The summed E-state index contributed by atoms with van der Waals surface area (Å²) in [6.07, 6.45) is 0. The van der Waals surface area contributed by atoms with Crippen molar-refractivity contribution in [3.8, 4) is 5.75 Å². The number of rotatable bonds is 6. The van der Waals surface area contributed by atoms with E-state index in [4.69, 9.17) is 21.1 Å². The SMILES string of the molecule is COCc1ccc(C(=O)NNC(=O)COc2ccccc2Cl)cc1. The van der Waals surface area contributed by atoms with Crippen LogP contribution < -0.4 is 15.6 Å². The molecule has 0 bridgehead atoms. The highest BCUT2D eigenvalue weighted by molar-refractivity contribution is 6.32. The Bertz CT molecular complexity index is 704. The first-order chi connectivity index (χ1) is 11.6. The van der Waals surface area contributed by atoms with Gasteiger partial charge < -0.3 is 9.47 Å². The second kappa shape index (κ2) is 8.90. The maximum Gasteiger partial charge on any atom is 0.276 e. The Balaban J connectivity index is 1.78. The van der Waals surface area contributed by atoms with Gasteiger partial charge in [0.1, 0.15) is 5.75 Å². The van der Waals surface area contributed by atoms with E-state index >= 15 is 0 Å². The van der Waals surface area contributed by atoms with Gasteiger partial charge in [0, 0.05) is 12.7 Å². The largest absolute Gasteiger partial charge is 0.482 e. The number of nitrogens with one attached hydrogen (secondary N) is 2. The second-order valence-electron chi connectivity index (χ2n) is 4.85. The van der Waals surface area contributed by atoms with Crippen LogP contribution in [-0.4, -0.2) is 25.5 Å². The third kappa shape index (κ3) is 5.26. The molecule has 0 saturated heterocycles. The highest BCUT2D eigenvalue weighted by Gasteiger charge is 2.09. The molecule has 0 radical (unpaired) electrons. The summed E-state index contributed by atoms with van der Waals surface area (Å²) < 4.78 is 10.3. The zero-order valence-electron chi connectivity index (χ0n) is 13.0. The van der Waals surface area contributed by atoms with Gasteiger partial charge >= 0.3 is 0 Å². The average molecular weight is 349 g/mol. The van der Waals surface area contributed by atoms with Crippen molar-refractivity contribution < 1.29 is 19.1 Å². The topological polar surface area (TPSA) is 76.7 Å². The van der Waals surface area contributed by atoms with Crippen molar-refractivity contribution in [2.24, 2.45) is 0 Å². The highest BCUT2D eigenvalue weighted by Crippen LogP contribution is 2.22. The van der Waals surface area contributed by atoms with Crippen LogP contribution in [0.3, 0.4) is 0 Å². The van der Waals surface area contributed by atoms with E-state index in [0.717, 1.165) is 5.56 Å². The lowest BCUT2D eigenvalue weighted by molar-refractivity contribution is -0.123. The number of para-hydroxylation sites is 1. The summed E-state index contributed by atoms with van der Waals surface area (Å²) in [4.78, 5) is 23.6. The molecule has 0 aliphatic heterocycles. The summed E-state index contributed by atoms with van der Waals surface area (Å²) in [5.74, 6) is -0.529. The standard InChI is InChI=1S/C17H17ClN2O4/c1-23-10-12-6-8-13(9-7-12)17(22)20-19-16(21)11-24-15-5-3-2-4-14(15)18/h2-9H,10-11H2,1H3,(H,19,21)(H,20,22). The summed E-state index contributed by atoms with van der Waals surface area (Å²) in [6.45, 7) is 0.203. The van der Waals surface area contributed by atoms with E-state index in [1.54, 1.807) is 55.6 Å². The number of ether oxygens (including phenoxy) is 2. The lowest BCUT2D eigenvalue weighted by Crippen LogP contribution is -2.43. The zero-order valence-corrected chi connectivity index (χ0v) is 13.8. The molecule has 2 N–H and O–H groups in total. The number of hydrogen-bond donors (Lipinski definition) is 2. The first-order valence-corrected chi connectivity index (χ1v) is 7.52. The lowest BCUT2D eigenvalue weighted by Gasteiger charge is -2.10. The van der Waals surface area contributed by atoms with Gasteiger partial charge in [-0.05, 0) is 29.8 Å². The molecule has 0 aliphatic rings. The predicted octanol–water partition coefficient (Wildman–Crippen LogP) is 2.33. The fourth-order valence-corrected chi connectivity index (χ4v) is 2.05. The predicted molar refractivity (Wildman–Crippen MR) is 89.7 cm³/mol. The molecule has 0 fully saturated rings. The van der Waals surface area contributed by atoms with Crippen LogP contribution in [0.1, 0.15) is 15.9 Å². The molecule has 7 heteroatoms. The molecule has 0 aromatic heterocycles. The van der Waals surface area contributed by atoms with Crippen LogP contribution in [0, 0.1) is 0 Å². The minimum atomic E-state index is -0.501. The Kier molecular flexibility index (Phi) is 6.60. The first kappa shape index (κ1) is 17.8. The molecule has 0 atom stereocenters. The molecule has 0 unspecified atom stereocenters. The Morgan fingerprint density at radius 3 is 2.42 bits per heavy atom. The van der Waals surface area contributed by atoms with Gasteiger partial charge in [0.15, 0.2) is 6.61 Å². The van der Waals surface area contributed by atoms with E-state index < -0.39 is 11.8 Å². The molecule has 24 heavy (non-hydrogen) atoms. The van der Waals surface area contributed by atoms with Crippen LogP contribution in [0.15, 0.2) is 48.5 Å². The molecule has 126 valence electrons. The molecular weight excluding hydrogens is 332 g/mol. The number of benzene rings is 2. The quantitative estimate of drug-likeness (QED) is 0.785. The summed E-state index contributed by atoms with van der Waals surface area (Å²) in [5.41, 5.74) is 5.97. The number of hydrazine groups is 1. The summed E-state index contributed by atoms with van der Waals surface area (Å²) in [6, 6.07) is 13.7. The van der Waals surface area contributed by atoms with E-state index in [0.29, 0.717) is 22.9 Å². The Morgan fingerprint density at radius 2 is 1.75 bits per heavy atom. The van der Waals surface area contributed by atoms with Crippen molar-refractivity contribution in [1.29, 1.82) is 0 Å². The van der Waals surface area contributed by atoms with Gasteiger partial charge in [-0.25, -0.2) is 0 Å². The van der Waals surface area contributed by atoms with Crippen LogP contribution in [0.5, 0.6) is 5.75 Å². The Labute approximate surface area is 144 Å². The van der Waals surface area contributed by atoms with Crippen molar-refractivity contribution in [1.82, 2.24) is 10.9 Å². The summed E-state index contributed by atoms with van der Waals surface area (Å²) >= 11 is 5.92. The Morgan fingerprint density at radius 1 is 1.04 bits per heavy atom. The average Bonchev–Trinajstić information content (AvgIpc) is 2.60. The Hall–Kier alpha value is -2.57. The van der Waals surface area contributed by atoms with Gasteiger partial charge in [0.2, 0.25) is 0 Å². The zero-order chi connectivity index (χ0) is 17.4. The van der Waals surface area contributed by atoms with Crippen LogP contribution in [0.4, 0.5) is 0 Å². The monoisotopic (exact) mass is 348 g/mol. The van der Waals surface area contributed by atoms with Crippen molar-refractivity contribution >= 4 is 23.4 Å². The maximum atomic E-state index is 11.9. The van der Waals surface area contributed by atoms with E-state index in [2.05, 4.69) is 10.9 Å². The molecule has 2 rings (SSSR count). The van der Waals surface area contributed by atoms with Crippen molar-refractivity contribution in [3.05, 3.63) is 64.7 Å². The maximum absolute atomic E-state index is 11.9. The molecule has 0 saturated carbocycles. The normalized spacial score (nSPS) is 10.1. The smallest absolute Gasteiger partial charge is 0.276 e. The first-order valence-electron chi connectivity index (χ1n) is 7.14. The van der Waals surface area contributed by atoms with Gasteiger partial charge in [-0.3, -0.25) is 20.4 Å². The second-order valence-corrected chi connectivity index (χ2v) is 5.26. The van der Waals surface area contributed by atoms with E-state index in [1.807, 2.05) is 0 Å². The number of amides is 2. The number of methoxy groups -OCH3 is 1. The van der Waals surface area contributed by atoms with Crippen LogP contribution in [-0.2, 0) is 16.1 Å². The highest BCUT2D eigenvalue weighted by atomic mass is 35.5. The number of carbonyl (C=O) groups excluding carboxylic acids is 2. The molecule has 6 nitrogen and oxygen atoms in total. The third-order valence-corrected chi connectivity index (χ3v) is 3.35. The van der Waals surface area contributed by atoms with Gasteiger partial charge in [-0.15, -0.1) is 0 Å². The number of halogens is 1. The van der Waals surface area contributed by atoms with Gasteiger partial charge in [0.25, 0.3) is 11.8 Å². The van der Waals surface area contributed by atoms with Gasteiger partial charge in [-0.1, -0.05) is 35.9 Å². The summed E-state index contributed by atoms with van der Waals surface area (Å²) in [5, 5.41) is 0.408. The minimum Gasteiger partial charge on any atom is -0.482 e. The lowest BCUT2D eigenvalue weighted by atomic mass is 10.1. The van der Waals surface area contributed by atoms with Crippen LogP contribution in [0.25, 0.3) is 0 Å². The van der Waals surface area contributed by atoms with Crippen molar-refractivity contribution in [2.75, 3.05) is 13.7 Å². The minimum absolute atomic E-state index is 0.267. The fourth-order valence-electron chi connectivity index (χ4n) is 1.86.